The lowest BCUT2D eigenvalue weighted by Gasteiger charge is -1.93. The third kappa shape index (κ3) is 1.83. The first kappa shape index (κ1) is 7.35. The van der Waals surface area contributed by atoms with Crippen LogP contribution in [0.4, 0.5) is 0 Å². The van der Waals surface area contributed by atoms with E-state index < -0.39 is 0 Å². The number of amides is 1. The molecule has 0 aromatic carbocycles. The van der Waals surface area contributed by atoms with Crippen LogP contribution >= 0.6 is 0 Å². The Balaban J connectivity index is 2.51. The van der Waals surface area contributed by atoms with Crippen molar-refractivity contribution >= 4 is 5.91 Å². The van der Waals surface area contributed by atoms with Gasteiger partial charge in [-0.2, -0.15) is 5.26 Å². The number of nitrogens with zero attached hydrogens (tertiary/aromatic N) is 1. The fourth-order valence-electron chi connectivity index (χ4n) is 0.616. The standard InChI is InChI=1S/C7H6N2O2/c8-2-3-9-7(10)6-1-4-11-5-6/h1,4-5H,3H2,(H,9,10). The Kier molecular flexibility index (Phi) is 2.28. The van der Waals surface area contributed by atoms with Crippen LogP contribution in [-0.4, -0.2) is 12.5 Å². The van der Waals surface area contributed by atoms with Crippen molar-refractivity contribution in [3.05, 3.63) is 24.2 Å². The summed E-state index contributed by atoms with van der Waals surface area (Å²) < 4.78 is 4.67. The minimum Gasteiger partial charge on any atom is -0.472 e. The van der Waals surface area contributed by atoms with E-state index in [0.29, 0.717) is 5.56 Å². The Morgan fingerprint density at radius 3 is 3.18 bits per heavy atom. The van der Waals surface area contributed by atoms with Crippen molar-refractivity contribution in [2.24, 2.45) is 0 Å². The summed E-state index contributed by atoms with van der Waals surface area (Å²) >= 11 is 0. The molecule has 0 aliphatic rings. The van der Waals surface area contributed by atoms with Gasteiger partial charge < -0.3 is 9.73 Å². The van der Waals surface area contributed by atoms with Crippen LogP contribution in [0.3, 0.4) is 0 Å². The predicted octanol–water partition coefficient (Wildman–Crippen LogP) is 0.533. The van der Waals surface area contributed by atoms with Crippen molar-refractivity contribution in [3.8, 4) is 6.07 Å². The molecule has 4 nitrogen and oxygen atoms in total. The number of hydrogen-bond donors (Lipinski definition) is 1. The largest absolute Gasteiger partial charge is 0.472 e. The van der Waals surface area contributed by atoms with Crippen LogP contribution in [0, 0.1) is 11.3 Å². The number of carbonyl (C=O) groups excluding carboxylic acids is 1. The number of furan rings is 1. The van der Waals surface area contributed by atoms with Crippen molar-refractivity contribution in [2.75, 3.05) is 6.54 Å². The molecule has 1 heterocycles. The molecule has 0 unspecified atom stereocenters. The van der Waals surface area contributed by atoms with E-state index in [-0.39, 0.29) is 12.5 Å². The molecule has 0 aliphatic heterocycles. The van der Waals surface area contributed by atoms with Gasteiger partial charge in [0.1, 0.15) is 12.8 Å². The van der Waals surface area contributed by atoms with Crippen molar-refractivity contribution in [2.45, 2.75) is 0 Å². The fraction of sp³-hybridized carbons (Fsp3) is 0.143. The van der Waals surface area contributed by atoms with Crippen molar-refractivity contribution in [1.29, 1.82) is 5.26 Å². The van der Waals surface area contributed by atoms with E-state index in [4.69, 9.17) is 5.26 Å². The third-order valence-electron chi connectivity index (χ3n) is 1.11. The zero-order valence-corrected chi connectivity index (χ0v) is 5.70. The molecule has 4 heteroatoms. The van der Waals surface area contributed by atoms with Gasteiger partial charge in [-0.05, 0) is 6.07 Å². The molecule has 0 saturated heterocycles. The summed E-state index contributed by atoms with van der Waals surface area (Å²) in [7, 11) is 0. The smallest absolute Gasteiger partial charge is 0.255 e. The quantitative estimate of drug-likeness (QED) is 0.625. The molecule has 0 aliphatic carbocycles. The number of rotatable bonds is 2. The Morgan fingerprint density at radius 1 is 1.82 bits per heavy atom. The summed E-state index contributed by atoms with van der Waals surface area (Å²) in [6, 6.07) is 3.33. The second-order valence-electron chi connectivity index (χ2n) is 1.85. The Labute approximate surface area is 63.4 Å². The number of nitrogens with one attached hydrogen (secondary N) is 1. The fourth-order valence-corrected chi connectivity index (χ4v) is 0.616. The van der Waals surface area contributed by atoms with Gasteiger partial charge in [0, 0.05) is 0 Å². The first-order chi connectivity index (χ1) is 5.34. The molecule has 11 heavy (non-hydrogen) atoms. The Hall–Kier alpha value is -1.76. The van der Waals surface area contributed by atoms with E-state index in [9.17, 15) is 4.79 Å². The predicted molar refractivity (Wildman–Crippen MR) is 36.7 cm³/mol. The molecule has 0 fully saturated rings. The van der Waals surface area contributed by atoms with Gasteiger partial charge in [0.15, 0.2) is 0 Å². The molecule has 0 saturated carbocycles. The molecule has 1 N–H and O–H groups in total. The van der Waals surface area contributed by atoms with Crippen LogP contribution in [0.5, 0.6) is 0 Å². The minimum absolute atomic E-state index is 0.0179. The first-order valence-corrected chi connectivity index (χ1v) is 3.02. The highest BCUT2D eigenvalue weighted by atomic mass is 16.3. The normalized spacial score (nSPS) is 8.64. The maximum Gasteiger partial charge on any atom is 0.255 e. The van der Waals surface area contributed by atoms with Crippen LogP contribution in [0.15, 0.2) is 23.0 Å². The first-order valence-electron chi connectivity index (χ1n) is 3.02. The minimum atomic E-state index is -0.291. The van der Waals surface area contributed by atoms with Crippen LogP contribution in [0.2, 0.25) is 0 Å². The summed E-state index contributed by atoms with van der Waals surface area (Å²) in [4.78, 5) is 10.9. The van der Waals surface area contributed by atoms with Gasteiger partial charge in [0.05, 0.1) is 17.9 Å². The van der Waals surface area contributed by atoms with Gasteiger partial charge in [-0.15, -0.1) is 0 Å². The molecule has 0 atom stereocenters. The van der Waals surface area contributed by atoms with E-state index in [1.165, 1.54) is 18.6 Å². The molecule has 0 radical (unpaired) electrons. The summed E-state index contributed by atoms with van der Waals surface area (Å²) in [5.41, 5.74) is 0.431. The summed E-state index contributed by atoms with van der Waals surface area (Å²) in [5, 5.41) is 10.5. The summed E-state index contributed by atoms with van der Waals surface area (Å²) in [6.07, 6.45) is 2.73. The van der Waals surface area contributed by atoms with Crippen LogP contribution < -0.4 is 5.32 Å². The molecule has 0 spiro atoms. The highest BCUT2D eigenvalue weighted by Crippen LogP contribution is 1.98. The van der Waals surface area contributed by atoms with Crippen LogP contribution in [0.25, 0.3) is 0 Å². The molecule has 0 bridgehead atoms. The van der Waals surface area contributed by atoms with Gasteiger partial charge in [0.25, 0.3) is 5.91 Å². The van der Waals surface area contributed by atoms with E-state index in [1.807, 2.05) is 0 Å². The topological polar surface area (TPSA) is 66.0 Å². The highest BCUT2D eigenvalue weighted by Gasteiger charge is 2.03. The van der Waals surface area contributed by atoms with E-state index in [1.54, 1.807) is 6.07 Å². The van der Waals surface area contributed by atoms with E-state index >= 15 is 0 Å². The van der Waals surface area contributed by atoms with Gasteiger partial charge in [0.2, 0.25) is 0 Å². The van der Waals surface area contributed by atoms with Gasteiger partial charge in [-0.3, -0.25) is 4.79 Å². The van der Waals surface area contributed by atoms with Gasteiger partial charge in [-0.1, -0.05) is 0 Å². The second-order valence-corrected chi connectivity index (χ2v) is 1.85. The number of carbonyl (C=O) groups is 1. The maximum absolute atomic E-state index is 10.9. The summed E-state index contributed by atoms with van der Waals surface area (Å²) in [6.45, 7) is 0.0179. The molecular formula is C7H6N2O2. The van der Waals surface area contributed by atoms with Crippen LogP contribution in [-0.2, 0) is 0 Å². The number of nitriles is 1. The zero-order chi connectivity index (χ0) is 8.10. The molecular weight excluding hydrogens is 144 g/mol. The van der Waals surface area contributed by atoms with Crippen molar-refractivity contribution in [3.63, 3.8) is 0 Å². The average molecular weight is 150 g/mol. The lowest BCUT2D eigenvalue weighted by molar-refractivity contribution is 0.0958. The van der Waals surface area contributed by atoms with Crippen LogP contribution in [0.1, 0.15) is 10.4 Å². The average Bonchev–Trinajstić information content (AvgIpc) is 2.52. The SMILES string of the molecule is N#CCNC(=O)c1ccoc1. The molecule has 56 valence electrons. The van der Waals surface area contributed by atoms with Crippen molar-refractivity contribution in [1.82, 2.24) is 5.32 Å². The maximum atomic E-state index is 10.9. The molecule has 1 aromatic rings. The second kappa shape index (κ2) is 3.42. The van der Waals surface area contributed by atoms with Gasteiger partial charge >= 0.3 is 0 Å². The summed E-state index contributed by atoms with van der Waals surface area (Å²) in [5.74, 6) is -0.291. The highest BCUT2D eigenvalue weighted by molar-refractivity contribution is 5.93. The monoisotopic (exact) mass is 150 g/mol. The molecule has 1 aromatic heterocycles. The lowest BCUT2D eigenvalue weighted by atomic mass is 10.3. The lowest BCUT2D eigenvalue weighted by Crippen LogP contribution is -2.22. The Bertz CT molecular complexity index is 271. The van der Waals surface area contributed by atoms with E-state index in [2.05, 4.69) is 9.73 Å². The van der Waals surface area contributed by atoms with Gasteiger partial charge in [-0.25, -0.2) is 0 Å². The zero-order valence-electron chi connectivity index (χ0n) is 5.70. The van der Waals surface area contributed by atoms with E-state index in [0.717, 1.165) is 0 Å². The third-order valence-corrected chi connectivity index (χ3v) is 1.11. The molecule has 1 rings (SSSR count). The molecule has 1 amide bonds. The van der Waals surface area contributed by atoms with Crippen molar-refractivity contribution < 1.29 is 9.21 Å². The Morgan fingerprint density at radius 2 is 2.64 bits per heavy atom. The number of hydrogen-bond acceptors (Lipinski definition) is 3.